The quantitative estimate of drug-likeness (QED) is 0.797. The summed E-state index contributed by atoms with van der Waals surface area (Å²) >= 11 is 0. The molecule has 2 aliphatic carbocycles. The van der Waals surface area contributed by atoms with Gasteiger partial charge in [0.15, 0.2) is 0 Å². The zero-order chi connectivity index (χ0) is 13.7. The zero-order valence-corrected chi connectivity index (χ0v) is 12.2. The van der Waals surface area contributed by atoms with Crippen molar-refractivity contribution in [3.63, 3.8) is 0 Å². The molecule has 0 spiro atoms. The maximum atomic E-state index is 12.0. The van der Waals surface area contributed by atoms with Gasteiger partial charge in [0.1, 0.15) is 0 Å². The van der Waals surface area contributed by atoms with Gasteiger partial charge in [0, 0.05) is 12.6 Å². The predicted molar refractivity (Wildman–Crippen MR) is 75.9 cm³/mol. The smallest absolute Gasteiger partial charge is 0.234 e. The molecule has 4 nitrogen and oxygen atoms in total. The van der Waals surface area contributed by atoms with Crippen molar-refractivity contribution in [2.24, 2.45) is 0 Å². The molecule has 2 aliphatic rings. The number of carbonyl (C=O) groups is 1. The lowest BCUT2D eigenvalue weighted by atomic mass is 9.95. The number of nitrogens with one attached hydrogen (secondary N) is 1. The Labute approximate surface area is 116 Å². The summed E-state index contributed by atoms with van der Waals surface area (Å²) in [6.45, 7) is 1.02. The van der Waals surface area contributed by atoms with E-state index in [9.17, 15) is 9.90 Å². The van der Waals surface area contributed by atoms with Gasteiger partial charge in [-0.2, -0.15) is 0 Å². The first-order valence-electron chi connectivity index (χ1n) is 7.78. The van der Waals surface area contributed by atoms with Crippen molar-refractivity contribution in [3.8, 4) is 0 Å². The number of hydrogen-bond donors (Lipinski definition) is 2. The molecule has 0 saturated heterocycles. The molecular formula is C15H28N2O2. The zero-order valence-electron chi connectivity index (χ0n) is 12.2. The average Bonchev–Trinajstić information content (AvgIpc) is 2.76. The Bertz CT molecular complexity index is 295. The predicted octanol–water partition coefficient (Wildman–Crippen LogP) is 1.67. The van der Waals surface area contributed by atoms with Crippen LogP contribution in [0.25, 0.3) is 0 Å². The Hall–Kier alpha value is -0.610. The van der Waals surface area contributed by atoms with E-state index >= 15 is 0 Å². The van der Waals surface area contributed by atoms with E-state index < -0.39 is 5.60 Å². The number of rotatable bonds is 5. The molecule has 2 fully saturated rings. The topological polar surface area (TPSA) is 52.6 Å². The molecule has 0 aromatic rings. The Morgan fingerprint density at radius 1 is 1.21 bits per heavy atom. The molecular weight excluding hydrogens is 240 g/mol. The Morgan fingerprint density at radius 2 is 1.84 bits per heavy atom. The van der Waals surface area contributed by atoms with Crippen LogP contribution in [0.15, 0.2) is 0 Å². The molecule has 0 bridgehead atoms. The fourth-order valence-electron chi connectivity index (χ4n) is 3.51. The summed E-state index contributed by atoms with van der Waals surface area (Å²) in [5.74, 6) is 0.107. The molecule has 0 aromatic carbocycles. The van der Waals surface area contributed by atoms with Gasteiger partial charge in [-0.15, -0.1) is 0 Å². The third kappa shape index (κ3) is 4.77. The average molecular weight is 268 g/mol. The van der Waals surface area contributed by atoms with E-state index in [0.29, 0.717) is 19.1 Å². The maximum Gasteiger partial charge on any atom is 0.234 e. The number of nitrogens with zero attached hydrogens (tertiary/aromatic N) is 1. The molecule has 0 heterocycles. The number of aliphatic hydroxyl groups is 1. The van der Waals surface area contributed by atoms with Crippen LogP contribution in [0.3, 0.4) is 0 Å². The maximum absolute atomic E-state index is 12.0. The van der Waals surface area contributed by atoms with Crippen LogP contribution in [0.4, 0.5) is 0 Å². The second-order valence-electron chi connectivity index (χ2n) is 6.51. The highest BCUT2D eigenvalue weighted by molar-refractivity contribution is 5.78. The summed E-state index contributed by atoms with van der Waals surface area (Å²) in [6.07, 6.45) is 10.00. The van der Waals surface area contributed by atoms with Gasteiger partial charge in [-0.3, -0.25) is 9.69 Å². The summed E-state index contributed by atoms with van der Waals surface area (Å²) in [7, 11) is 1.93. The molecule has 0 aliphatic heterocycles. The molecule has 0 atom stereocenters. The van der Waals surface area contributed by atoms with Crippen molar-refractivity contribution in [1.82, 2.24) is 10.2 Å². The number of hydrogen-bond acceptors (Lipinski definition) is 3. The minimum absolute atomic E-state index is 0.107. The van der Waals surface area contributed by atoms with E-state index in [-0.39, 0.29) is 5.91 Å². The molecule has 0 aromatic heterocycles. The molecule has 1 amide bonds. The monoisotopic (exact) mass is 268 g/mol. The third-order valence-corrected chi connectivity index (χ3v) is 4.48. The Morgan fingerprint density at radius 3 is 2.47 bits per heavy atom. The number of amides is 1. The van der Waals surface area contributed by atoms with Crippen LogP contribution in [0.2, 0.25) is 0 Å². The van der Waals surface area contributed by atoms with Gasteiger partial charge in [-0.25, -0.2) is 0 Å². The van der Waals surface area contributed by atoms with Gasteiger partial charge >= 0.3 is 0 Å². The van der Waals surface area contributed by atoms with Crippen molar-refractivity contribution in [2.45, 2.75) is 69.4 Å². The minimum Gasteiger partial charge on any atom is -0.389 e. The van der Waals surface area contributed by atoms with E-state index in [2.05, 4.69) is 5.32 Å². The van der Waals surface area contributed by atoms with Crippen LogP contribution in [-0.2, 0) is 4.79 Å². The van der Waals surface area contributed by atoms with E-state index in [1.165, 1.54) is 19.3 Å². The molecule has 19 heavy (non-hydrogen) atoms. The van der Waals surface area contributed by atoms with E-state index in [1.54, 1.807) is 0 Å². The summed E-state index contributed by atoms with van der Waals surface area (Å²) < 4.78 is 0. The van der Waals surface area contributed by atoms with Crippen molar-refractivity contribution < 1.29 is 9.90 Å². The fraction of sp³-hybridized carbons (Fsp3) is 0.933. The van der Waals surface area contributed by atoms with Crippen LogP contribution in [-0.4, -0.2) is 47.7 Å². The first kappa shape index (κ1) is 14.8. The highest BCUT2D eigenvalue weighted by Gasteiger charge is 2.32. The summed E-state index contributed by atoms with van der Waals surface area (Å²) in [6, 6.07) is 0.379. The first-order chi connectivity index (χ1) is 9.07. The third-order valence-electron chi connectivity index (χ3n) is 4.48. The van der Waals surface area contributed by atoms with Crippen molar-refractivity contribution in [2.75, 3.05) is 20.1 Å². The van der Waals surface area contributed by atoms with Crippen LogP contribution < -0.4 is 5.32 Å². The second kappa shape index (κ2) is 6.71. The van der Waals surface area contributed by atoms with E-state index in [1.807, 2.05) is 11.9 Å². The summed E-state index contributed by atoms with van der Waals surface area (Å²) in [4.78, 5) is 13.9. The van der Waals surface area contributed by atoms with Gasteiger partial charge in [0.25, 0.3) is 0 Å². The summed E-state index contributed by atoms with van der Waals surface area (Å²) in [5.41, 5.74) is -0.556. The van der Waals surface area contributed by atoms with Gasteiger partial charge in [-0.05, 0) is 32.7 Å². The molecule has 2 rings (SSSR count). The standard InChI is InChI=1S/C15H28N2O2/c1-17(12-15(19)9-5-6-10-15)11-14(18)16-13-7-3-2-4-8-13/h13,19H,2-12H2,1H3,(H,16,18). The molecule has 2 saturated carbocycles. The normalized spacial score (nSPS) is 23.7. The van der Waals surface area contributed by atoms with Crippen molar-refractivity contribution >= 4 is 5.91 Å². The largest absolute Gasteiger partial charge is 0.389 e. The highest BCUT2D eigenvalue weighted by atomic mass is 16.3. The van der Waals surface area contributed by atoms with E-state index in [0.717, 1.165) is 38.5 Å². The first-order valence-corrected chi connectivity index (χ1v) is 7.78. The van der Waals surface area contributed by atoms with Gasteiger partial charge < -0.3 is 10.4 Å². The van der Waals surface area contributed by atoms with Gasteiger partial charge in [0.05, 0.1) is 12.1 Å². The fourth-order valence-corrected chi connectivity index (χ4v) is 3.51. The SMILES string of the molecule is CN(CC(=O)NC1CCCCC1)CC1(O)CCCC1. The lowest BCUT2D eigenvalue weighted by molar-refractivity contribution is -0.123. The van der Waals surface area contributed by atoms with Crippen LogP contribution in [0, 0.1) is 0 Å². The van der Waals surface area contributed by atoms with Crippen LogP contribution >= 0.6 is 0 Å². The number of carbonyl (C=O) groups excluding carboxylic acids is 1. The van der Waals surface area contributed by atoms with Gasteiger partial charge in [0.2, 0.25) is 5.91 Å². The second-order valence-corrected chi connectivity index (χ2v) is 6.51. The minimum atomic E-state index is -0.556. The lowest BCUT2D eigenvalue weighted by Gasteiger charge is -2.29. The van der Waals surface area contributed by atoms with Gasteiger partial charge in [-0.1, -0.05) is 32.1 Å². The summed E-state index contributed by atoms with van der Waals surface area (Å²) in [5, 5.41) is 13.4. The van der Waals surface area contributed by atoms with Crippen LogP contribution in [0.5, 0.6) is 0 Å². The number of likely N-dealkylation sites (N-methyl/N-ethyl adjacent to an activating group) is 1. The highest BCUT2D eigenvalue weighted by Crippen LogP contribution is 2.29. The molecule has 0 radical (unpaired) electrons. The van der Waals surface area contributed by atoms with Crippen LogP contribution in [0.1, 0.15) is 57.8 Å². The Kier molecular flexibility index (Phi) is 5.22. The van der Waals surface area contributed by atoms with Crippen molar-refractivity contribution in [1.29, 1.82) is 0 Å². The molecule has 4 heteroatoms. The Balaban J connectivity index is 1.69. The lowest BCUT2D eigenvalue weighted by Crippen LogP contribution is -2.46. The van der Waals surface area contributed by atoms with E-state index in [4.69, 9.17) is 0 Å². The molecule has 0 unspecified atom stereocenters. The molecule has 2 N–H and O–H groups in total. The van der Waals surface area contributed by atoms with Crippen molar-refractivity contribution in [3.05, 3.63) is 0 Å². The molecule has 110 valence electrons.